The summed E-state index contributed by atoms with van der Waals surface area (Å²) in [5, 5.41) is 0. The maximum absolute atomic E-state index is 12.9. The van der Waals surface area contributed by atoms with Gasteiger partial charge in [0.25, 0.3) is 0 Å². The third kappa shape index (κ3) is 2.93. The van der Waals surface area contributed by atoms with Gasteiger partial charge in [-0.3, -0.25) is 0 Å². The number of halogens is 3. The summed E-state index contributed by atoms with van der Waals surface area (Å²) in [6.07, 6.45) is 0. The number of hydrogen-bond acceptors (Lipinski definition) is 0. The molecule has 0 bridgehead atoms. The molecule has 0 fully saturated rings. The van der Waals surface area contributed by atoms with Gasteiger partial charge in [-0.15, -0.1) is 5.46 Å². The van der Waals surface area contributed by atoms with Crippen LogP contribution in [0.15, 0.2) is 0 Å². The molecule has 5 heteroatoms. The van der Waals surface area contributed by atoms with Gasteiger partial charge in [0.15, 0.2) is 0 Å². The maximum Gasteiger partial charge on any atom is 1.00 e. The molecule has 0 aliphatic heterocycles. The van der Waals surface area contributed by atoms with Gasteiger partial charge in [-0.25, -0.2) is 0 Å². The quantitative estimate of drug-likeness (QED) is 0.632. The molecule has 0 saturated heterocycles. The molecule has 0 heterocycles. The van der Waals surface area contributed by atoms with Crippen molar-refractivity contribution in [2.24, 2.45) is 0 Å². The molecule has 0 unspecified atom stereocenters. The van der Waals surface area contributed by atoms with Crippen molar-refractivity contribution in [3.63, 3.8) is 0 Å². The van der Waals surface area contributed by atoms with Gasteiger partial charge in [0.05, 0.1) is 0 Å². The van der Waals surface area contributed by atoms with Crippen molar-refractivity contribution in [1.29, 1.82) is 0 Å². The van der Waals surface area contributed by atoms with Crippen LogP contribution in [0.1, 0.15) is 27.8 Å². The van der Waals surface area contributed by atoms with Gasteiger partial charge in [-0.1, -0.05) is 11.1 Å². The van der Waals surface area contributed by atoms with Crippen LogP contribution < -0.4 is 56.8 Å². The molecule has 0 aliphatic carbocycles. The van der Waals surface area contributed by atoms with Crippen LogP contribution >= 0.6 is 0 Å². The van der Waals surface area contributed by atoms with Crippen molar-refractivity contribution in [1.82, 2.24) is 0 Å². The summed E-state index contributed by atoms with van der Waals surface area (Å²) in [7, 11) is 0. The van der Waals surface area contributed by atoms with Gasteiger partial charge < -0.3 is 12.9 Å². The second-order valence-corrected chi connectivity index (χ2v) is 4.11. The Bertz CT molecular complexity index is 382. The Kier molecular flexibility index (Phi) is 5.82. The summed E-state index contributed by atoms with van der Waals surface area (Å²) >= 11 is 0. The minimum atomic E-state index is -4.91. The third-order valence-corrected chi connectivity index (χ3v) is 3.39. The van der Waals surface area contributed by atoms with Crippen molar-refractivity contribution in [2.45, 2.75) is 34.6 Å². The Morgan fingerprint density at radius 1 is 0.625 bits per heavy atom. The molecule has 16 heavy (non-hydrogen) atoms. The van der Waals surface area contributed by atoms with Crippen LogP contribution in [0.4, 0.5) is 12.9 Å². The fourth-order valence-corrected chi connectivity index (χ4v) is 2.02. The first kappa shape index (κ1) is 16.7. The minimum Gasteiger partial charge on any atom is -0.445 e. The van der Waals surface area contributed by atoms with Crippen LogP contribution in [-0.4, -0.2) is 6.98 Å². The monoisotopic (exact) mass is 254 g/mol. The molecule has 0 atom stereocenters. The summed E-state index contributed by atoms with van der Waals surface area (Å²) in [5.74, 6) is 0. The molecule has 1 aromatic rings. The second-order valence-electron chi connectivity index (χ2n) is 4.11. The smallest absolute Gasteiger partial charge is 0.445 e. The molecule has 0 aliphatic rings. The molecule has 1 rings (SSSR count). The van der Waals surface area contributed by atoms with E-state index in [2.05, 4.69) is 0 Å². The molecular weight excluding hydrogens is 239 g/mol. The zero-order chi connectivity index (χ0) is 12.0. The molecule has 1 aromatic carbocycles. The van der Waals surface area contributed by atoms with Gasteiger partial charge in [-0.05, 0) is 51.3 Å². The predicted molar refractivity (Wildman–Crippen MR) is 58.8 cm³/mol. The second kappa shape index (κ2) is 5.57. The van der Waals surface area contributed by atoms with Gasteiger partial charge in [0, 0.05) is 0 Å². The molecule has 0 radical (unpaired) electrons. The Labute approximate surface area is 137 Å². The first-order chi connectivity index (χ1) is 6.68. The molecule has 0 saturated carbocycles. The fraction of sp³-hybridized carbons (Fsp3) is 0.455. The van der Waals surface area contributed by atoms with Crippen molar-refractivity contribution < 1.29 is 64.3 Å². The predicted octanol–water partition coefficient (Wildman–Crippen LogP) is 0.287. The van der Waals surface area contributed by atoms with E-state index >= 15 is 0 Å². The average molecular weight is 254 g/mol. The Morgan fingerprint density at radius 2 is 0.875 bits per heavy atom. The van der Waals surface area contributed by atoms with Gasteiger partial charge in [-0.2, -0.15) is 0 Å². The van der Waals surface area contributed by atoms with Crippen LogP contribution in [0.2, 0.25) is 0 Å². The fourth-order valence-electron chi connectivity index (χ4n) is 2.02. The minimum absolute atomic E-state index is 0. The zero-order valence-electron chi connectivity index (χ0n) is 10.7. The van der Waals surface area contributed by atoms with Crippen LogP contribution in [0.5, 0.6) is 0 Å². The van der Waals surface area contributed by atoms with E-state index in [4.69, 9.17) is 0 Å². The van der Waals surface area contributed by atoms with Crippen LogP contribution in [0.25, 0.3) is 0 Å². The normalized spacial score (nSPS) is 11.2. The maximum atomic E-state index is 12.9. The first-order valence-electron chi connectivity index (χ1n) is 4.94. The van der Waals surface area contributed by atoms with Gasteiger partial charge in [0.1, 0.15) is 0 Å². The molecule has 0 nitrogen and oxygen atoms in total. The van der Waals surface area contributed by atoms with Crippen molar-refractivity contribution in [3.05, 3.63) is 27.8 Å². The largest absolute Gasteiger partial charge is 1.00 e. The molecule has 0 spiro atoms. The topological polar surface area (TPSA) is 0 Å². The molecule has 0 N–H and O–H groups in total. The summed E-state index contributed by atoms with van der Waals surface area (Å²) < 4.78 is 38.6. The molecule has 84 valence electrons. The first-order valence-corrected chi connectivity index (χ1v) is 4.94. The van der Waals surface area contributed by atoms with E-state index in [-0.39, 0.29) is 51.4 Å². The van der Waals surface area contributed by atoms with Gasteiger partial charge >= 0.3 is 58.4 Å². The SMILES string of the molecule is Cc1c(C)c(C)c([B-](F)(F)F)c(C)c1C.[K+]. The standard InChI is InChI=1S/C11H15BF3.K/c1-6-7(2)9(4)11(12(13,14)15)10(5)8(6)3;/h1-5H3;/q-1;+1. The Morgan fingerprint density at radius 3 is 1.12 bits per heavy atom. The Balaban J connectivity index is 0.00000225. The number of benzene rings is 1. The summed E-state index contributed by atoms with van der Waals surface area (Å²) in [4.78, 5) is 0. The van der Waals surface area contributed by atoms with E-state index < -0.39 is 12.4 Å². The van der Waals surface area contributed by atoms with Crippen LogP contribution in [-0.2, 0) is 0 Å². The number of rotatable bonds is 1. The zero-order valence-corrected chi connectivity index (χ0v) is 13.8. The van der Waals surface area contributed by atoms with E-state index in [1.54, 1.807) is 27.7 Å². The van der Waals surface area contributed by atoms with Crippen molar-refractivity contribution in [2.75, 3.05) is 0 Å². The van der Waals surface area contributed by atoms with E-state index in [0.717, 1.165) is 16.7 Å². The van der Waals surface area contributed by atoms with Crippen LogP contribution in [0.3, 0.4) is 0 Å². The average Bonchev–Trinajstić information content (AvgIpc) is 2.09. The van der Waals surface area contributed by atoms with Gasteiger partial charge in [0.2, 0.25) is 0 Å². The third-order valence-electron chi connectivity index (χ3n) is 3.39. The summed E-state index contributed by atoms with van der Waals surface area (Å²) in [6, 6.07) is 0. The molecule has 0 aromatic heterocycles. The molecule has 0 amide bonds. The summed E-state index contributed by atoms with van der Waals surface area (Å²) in [6.45, 7) is 3.58. The van der Waals surface area contributed by atoms with E-state index in [1.165, 1.54) is 0 Å². The van der Waals surface area contributed by atoms with E-state index in [1.807, 2.05) is 6.92 Å². The molecular formula is C11H15BF3K. The van der Waals surface area contributed by atoms with Crippen molar-refractivity contribution in [3.8, 4) is 0 Å². The number of hydrogen-bond donors (Lipinski definition) is 0. The van der Waals surface area contributed by atoms with Crippen LogP contribution in [0, 0.1) is 34.6 Å². The van der Waals surface area contributed by atoms with E-state index in [0.29, 0.717) is 11.1 Å². The van der Waals surface area contributed by atoms with E-state index in [9.17, 15) is 12.9 Å². The Hall–Kier alpha value is 0.711. The summed E-state index contributed by atoms with van der Waals surface area (Å²) in [5.41, 5.74) is 2.83. The van der Waals surface area contributed by atoms with Crippen molar-refractivity contribution >= 4 is 12.4 Å².